The van der Waals surface area contributed by atoms with E-state index in [4.69, 9.17) is 32.7 Å². The summed E-state index contributed by atoms with van der Waals surface area (Å²) in [6.07, 6.45) is 1.51. The second-order valence-electron chi connectivity index (χ2n) is 9.53. The van der Waals surface area contributed by atoms with E-state index >= 15 is 0 Å². The van der Waals surface area contributed by atoms with E-state index in [1.807, 2.05) is 54.8 Å². The fraction of sp³-hybridized carbons (Fsp3) is 0.0909. The third-order valence-corrected chi connectivity index (χ3v) is 8.53. The summed E-state index contributed by atoms with van der Waals surface area (Å²) in [7, 11) is 0. The second kappa shape index (κ2) is 15.9. The lowest BCUT2D eigenvalue weighted by atomic mass is 10.1. The Morgan fingerprint density at radius 2 is 1.74 bits per heavy atom. The molecule has 0 aliphatic carbocycles. The SMILES string of the molecule is CCOc1cc(/C=N/NC(=O)c2ccc(-c3csc(Nc4ccccc4)n3)cc2)cc(I)c1OCC(=O)Nc1ccc(Cl)c(Cl)c1. The normalized spacial score (nSPS) is 10.9. The number of hydrogen-bond acceptors (Lipinski definition) is 8. The first kappa shape index (κ1) is 33.2. The number of hydrazone groups is 1. The van der Waals surface area contributed by atoms with Crippen molar-refractivity contribution >= 4 is 91.7 Å². The second-order valence-corrected chi connectivity index (χ2v) is 12.4. The number of hydrogen-bond donors (Lipinski definition) is 3. The smallest absolute Gasteiger partial charge is 0.271 e. The van der Waals surface area contributed by atoms with Crippen LogP contribution < -0.4 is 25.5 Å². The van der Waals surface area contributed by atoms with Crippen molar-refractivity contribution in [3.63, 3.8) is 0 Å². The number of rotatable bonds is 12. The largest absolute Gasteiger partial charge is 0.490 e. The van der Waals surface area contributed by atoms with Crippen molar-refractivity contribution in [1.29, 1.82) is 0 Å². The number of benzene rings is 4. The molecule has 2 amide bonds. The van der Waals surface area contributed by atoms with E-state index in [-0.39, 0.29) is 18.4 Å². The summed E-state index contributed by atoms with van der Waals surface area (Å²) in [4.78, 5) is 29.9. The van der Waals surface area contributed by atoms with E-state index in [0.717, 1.165) is 22.1 Å². The van der Waals surface area contributed by atoms with Gasteiger partial charge in [-0.3, -0.25) is 9.59 Å². The van der Waals surface area contributed by atoms with Crippen molar-refractivity contribution in [2.45, 2.75) is 6.92 Å². The third kappa shape index (κ3) is 8.97. The number of anilines is 3. The van der Waals surface area contributed by atoms with Gasteiger partial charge in [0.05, 0.1) is 32.1 Å². The maximum Gasteiger partial charge on any atom is 0.271 e. The van der Waals surface area contributed by atoms with Gasteiger partial charge in [-0.2, -0.15) is 5.10 Å². The molecule has 0 unspecified atom stereocenters. The number of nitrogens with zero attached hydrogens (tertiary/aromatic N) is 2. The lowest BCUT2D eigenvalue weighted by Gasteiger charge is -2.14. The van der Waals surface area contributed by atoms with Crippen molar-refractivity contribution in [3.8, 4) is 22.8 Å². The predicted octanol–water partition coefficient (Wildman–Crippen LogP) is 8.65. The molecule has 1 aromatic heterocycles. The maximum atomic E-state index is 12.7. The van der Waals surface area contributed by atoms with Gasteiger partial charge in [0.25, 0.3) is 11.8 Å². The summed E-state index contributed by atoms with van der Waals surface area (Å²) in [5, 5.41) is 13.6. The zero-order valence-electron chi connectivity index (χ0n) is 24.2. The van der Waals surface area contributed by atoms with Crippen molar-refractivity contribution in [1.82, 2.24) is 10.4 Å². The first-order valence-corrected chi connectivity index (χ1v) is 16.6. The Balaban J connectivity index is 1.17. The van der Waals surface area contributed by atoms with E-state index in [2.05, 4.69) is 48.7 Å². The van der Waals surface area contributed by atoms with E-state index in [9.17, 15) is 9.59 Å². The average molecular weight is 786 g/mol. The Kier molecular flexibility index (Phi) is 11.5. The predicted molar refractivity (Wildman–Crippen MR) is 193 cm³/mol. The molecule has 0 bridgehead atoms. The van der Waals surface area contributed by atoms with Crippen LogP contribution in [0.3, 0.4) is 0 Å². The maximum absolute atomic E-state index is 12.7. The molecule has 0 saturated carbocycles. The van der Waals surface area contributed by atoms with E-state index in [1.165, 1.54) is 17.6 Å². The molecule has 46 heavy (non-hydrogen) atoms. The fourth-order valence-electron chi connectivity index (χ4n) is 4.11. The highest BCUT2D eigenvalue weighted by Crippen LogP contribution is 2.34. The molecular weight excluding hydrogens is 760 g/mol. The molecule has 0 spiro atoms. The Labute approximate surface area is 293 Å². The number of thiazole rings is 1. The molecule has 0 aliphatic rings. The molecular formula is C33H26Cl2IN5O4S. The van der Waals surface area contributed by atoms with Crippen LogP contribution in [0.2, 0.25) is 10.0 Å². The van der Waals surface area contributed by atoms with Crippen LogP contribution in [-0.2, 0) is 4.79 Å². The molecule has 9 nitrogen and oxygen atoms in total. The Bertz CT molecular complexity index is 1870. The van der Waals surface area contributed by atoms with E-state index < -0.39 is 0 Å². The van der Waals surface area contributed by atoms with Crippen LogP contribution in [0.5, 0.6) is 11.5 Å². The number of nitrogens with one attached hydrogen (secondary N) is 3. The summed E-state index contributed by atoms with van der Waals surface area (Å²) in [6.45, 7) is 1.96. The number of halogens is 3. The van der Waals surface area contributed by atoms with Crippen LogP contribution in [0.15, 0.2) is 95.4 Å². The standard InChI is InChI=1S/C33H26Cl2IN5O4S/c1-2-44-29-15-20(14-27(36)31(29)45-18-30(42)38-24-12-13-25(34)26(35)16-24)17-37-41-32(43)22-10-8-21(9-11-22)28-19-46-33(40-28)39-23-6-4-3-5-7-23/h3-17,19H,2,18H2,1H3,(H,38,42)(H,39,40)(H,41,43)/b37-17+. The molecule has 5 aromatic rings. The van der Waals surface area contributed by atoms with Crippen LogP contribution in [0.25, 0.3) is 11.3 Å². The number of amides is 2. The van der Waals surface area contributed by atoms with Gasteiger partial charge < -0.3 is 20.1 Å². The number of ether oxygens (including phenoxy) is 2. The topological polar surface area (TPSA) is 114 Å². The zero-order valence-corrected chi connectivity index (χ0v) is 28.7. The summed E-state index contributed by atoms with van der Waals surface area (Å²) >= 11 is 15.6. The van der Waals surface area contributed by atoms with E-state index in [0.29, 0.717) is 48.5 Å². The van der Waals surface area contributed by atoms with Crippen molar-refractivity contribution in [2.24, 2.45) is 5.10 Å². The third-order valence-electron chi connectivity index (χ3n) is 6.23. The molecule has 5 rings (SSSR count). The first-order valence-electron chi connectivity index (χ1n) is 13.8. The van der Waals surface area contributed by atoms with Gasteiger partial charge in [0, 0.05) is 27.9 Å². The summed E-state index contributed by atoms with van der Waals surface area (Å²) in [6, 6.07) is 25.3. The fourth-order valence-corrected chi connectivity index (χ4v) is 5.92. The Hall–Kier alpha value is -4.17. The number of para-hydroxylation sites is 1. The van der Waals surface area contributed by atoms with Gasteiger partial charge in [-0.05, 0) is 89.7 Å². The quantitative estimate of drug-likeness (QED) is 0.0663. The molecule has 3 N–H and O–H groups in total. The summed E-state index contributed by atoms with van der Waals surface area (Å²) in [5.41, 5.74) is 6.84. The number of carbonyl (C=O) groups is 2. The van der Waals surface area contributed by atoms with Crippen LogP contribution >= 0.6 is 57.1 Å². The minimum Gasteiger partial charge on any atom is -0.490 e. The van der Waals surface area contributed by atoms with Crippen LogP contribution in [-0.4, -0.2) is 36.2 Å². The van der Waals surface area contributed by atoms with Crippen molar-refractivity contribution in [3.05, 3.63) is 115 Å². The highest BCUT2D eigenvalue weighted by molar-refractivity contribution is 14.1. The van der Waals surface area contributed by atoms with Gasteiger partial charge >= 0.3 is 0 Å². The van der Waals surface area contributed by atoms with Gasteiger partial charge in [0.1, 0.15) is 0 Å². The monoisotopic (exact) mass is 785 g/mol. The van der Waals surface area contributed by atoms with Gasteiger partial charge in [0.15, 0.2) is 23.2 Å². The minimum absolute atomic E-state index is 0.257. The van der Waals surface area contributed by atoms with Crippen molar-refractivity contribution in [2.75, 3.05) is 23.8 Å². The average Bonchev–Trinajstić information content (AvgIpc) is 3.51. The lowest BCUT2D eigenvalue weighted by molar-refractivity contribution is -0.118. The summed E-state index contributed by atoms with van der Waals surface area (Å²) < 4.78 is 12.3. The van der Waals surface area contributed by atoms with Gasteiger partial charge in [-0.15, -0.1) is 11.3 Å². The molecule has 0 radical (unpaired) electrons. The van der Waals surface area contributed by atoms with Crippen LogP contribution in [0.4, 0.5) is 16.5 Å². The van der Waals surface area contributed by atoms with Crippen molar-refractivity contribution < 1.29 is 19.1 Å². The molecule has 0 aliphatic heterocycles. The van der Waals surface area contributed by atoms with E-state index in [1.54, 1.807) is 42.5 Å². The molecule has 0 fully saturated rings. The summed E-state index contributed by atoms with van der Waals surface area (Å²) in [5.74, 6) is 0.106. The van der Waals surface area contributed by atoms with Gasteiger partial charge in [-0.1, -0.05) is 53.5 Å². The van der Waals surface area contributed by atoms with Crippen LogP contribution in [0, 0.1) is 3.57 Å². The molecule has 1 heterocycles. The Morgan fingerprint density at radius 3 is 2.48 bits per heavy atom. The highest BCUT2D eigenvalue weighted by Gasteiger charge is 2.15. The Morgan fingerprint density at radius 1 is 0.957 bits per heavy atom. The molecule has 0 atom stereocenters. The first-order chi connectivity index (χ1) is 22.3. The lowest BCUT2D eigenvalue weighted by Crippen LogP contribution is -2.20. The molecule has 13 heteroatoms. The zero-order chi connectivity index (χ0) is 32.5. The van der Waals surface area contributed by atoms with Gasteiger partial charge in [0.2, 0.25) is 0 Å². The highest BCUT2D eigenvalue weighted by atomic mass is 127. The number of aromatic nitrogens is 1. The van der Waals surface area contributed by atoms with Crippen LogP contribution in [0.1, 0.15) is 22.8 Å². The molecule has 4 aromatic carbocycles. The minimum atomic E-state index is -0.380. The molecule has 234 valence electrons. The van der Waals surface area contributed by atoms with Gasteiger partial charge in [-0.25, -0.2) is 10.4 Å². The number of carbonyl (C=O) groups excluding carboxylic acids is 2. The molecule has 0 saturated heterocycles.